The van der Waals surface area contributed by atoms with Crippen LogP contribution in [0.4, 0.5) is 5.69 Å². The summed E-state index contributed by atoms with van der Waals surface area (Å²) in [6.07, 6.45) is 2.14. The molecule has 0 bridgehead atoms. The van der Waals surface area contributed by atoms with Crippen LogP contribution in [0.25, 0.3) is 0 Å². The van der Waals surface area contributed by atoms with Crippen molar-refractivity contribution in [1.82, 2.24) is 4.90 Å². The predicted octanol–water partition coefficient (Wildman–Crippen LogP) is 3.67. The zero-order chi connectivity index (χ0) is 18.7. The Bertz CT molecular complexity index is 895. The molecule has 1 aliphatic rings. The first kappa shape index (κ1) is 18.5. The molecular weight excluding hydrogens is 348 g/mol. The smallest absolute Gasteiger partial charge is 0.261 e. The molecule has 1 saturated heterocycles. The zero-order valence-corrected chi connectivity index (χ0v) is 15.9. The number of nitrogens with one attached hydrogen (secondary N) is 1. The van der Waals surface area contributed by atoms with Gasteiger partial charge in [-0.1, -0.05) is 31.2 Å². The Labute approximate surface area is 155 Å². The molecule has 2 aromatic rings. The van der Waals surface area contributed by atoms with Crippen molar-refractivity contribution in [1.29, 1.82) is 0 Å². The summed E-state index contributed by atoms with van der Waals surface area (Å²) in [6, 6.07) is 13.4. The second-order valence-electron chi connectivity index (χ2n) is 6.95. The van der Waals surface area contributed by atoms with E-state index in [-0.39, 0.29) is 10.8 Å². The molecule has 6 heteroatoms. The van der Waals surface area contributed by atoms with Crippen molar-refractivity contribution in [3.05, 3.63) is 59.7 Å². The molecule has 0 saturated carbocycles. The first-order valence-electron chi connectivity index (χ1n) is 8.84. The standard InChI is InChI=1S/C20H24N2O3S/c1-15-7-6-12-22(14-15)20(23)17-11-10-16(2)19(13-17)21-26(24,25)18-8-4-3-5-9-18/h3-5,8-11,13,15,21H,6-7,12,14H2,1-2H3. The molecule has 0 spiro atoms. The molecule has 1 atom stereocenters. The number of benzene rings is 2. The van der Waals surface area contributed by atoms with Crippen molar-refractivity contribution in [2.24, 2.45) is 5.92 Å². The van der Waals surface area contributed by atoms with Crippen LogP contribution < -0.4 is 4.72 Å². The van der Waals surface area contributed by atoms with Crippen molar-refractivity contribution >= 4 is 21.6 Å². The van der Waals surface area contributed by atoms with Crippen LogP contribution in [-0.2, 0) is 10.0 Å². The van der Waals surface area contributed by atoms with Crippen LogP contribution in [0.5, 0.6) is 0 Å². The van der Waals surface area contributed by atoms with Crippen LogP contribution in [0.1, 0.15) is 35.7 Å². The second kappa shape index (κ2) is 7.50. The molecule has 1 aliphatic heterocycles. The molecule has 3 rings (SSSR count). The summed E-state index contributed by atoms with van der Waals surface area (Å²) in [5, 5.41) is 0. The van der Waals surface area contributed by atoms with Gasteiger partial charge in [-0.15, -0.1) is 0 Å². The van der Waals surface area contributed by atoms with Crippen LogP contribution in [0, 0.1) is 12.8 Å². The monoisotopic (exact) mass is 372 g/mol. The molecule has 5 nitrogen and oxygen atoms in total. The van der Waals surface area contributed by atoms with Gasteiger partial charge in [-0.2, -0.15) is 0 Å². The highest BCUT2D eigenvalue weighted by molar-refractivity contribution is 7.92. The highest BCUT2D eigenvalue weighted by atomic mass is 32.2. The maximum absolute atomic E-state index is 12.8. The Morgan fingerprint density at radius 1 is 1.15 bits per heavy atom. The number of rotatable bonds is 4. The maximum atomic E-state index is 12.8. The quantitative estimate of drug-likeness (QED) is 0.890. The third kappa shape index (κ3) is 4.07. The summed E-state index contributed by atoms with van der Waals surface area (Å²) in [6.45, 7) is 5.47. The van der Waals surface area contributed by atoms with E-state index in [1.54, 1.807) is 48.5 Å². The van der Waals surface area contributed by atoms with Gasteiger partial charge in [0.1, 0.15) is 0 Å². The number of aryl methyl sites for hydroxylation is 1. The van der Waals surface area contributed by atoms with Crippen molar-refractivity contribution in [2.45, 2.75) is 31.6 Å². The Morgan fingerprint density at radius 3 is 2.58 bits per heavy atom. The number of hydrogen-bond acceptors (Lipinski definition) is 3. The van der Waals surface area contributed by atoms with Gasteiger partial charge in [0.05, 0.1) is 10.6 Å². The molecule has 1 N–H and O–H groups in total. The number of carbonyl (C=O) groups is 1. The molecule has 26 heavy (non-hydrogen) atoms. The topological polar surface area (TPSA) is 66.5 Å². The highest BCUT2D eigenvalue weighted by Crippen LogP contribution is 2.24. The van der Waals surface area contributed by atoms with Crippen LogP contribution in [0.2, 0.25) is 0 Å². The molecule has 1 fully saturated rings. The first-order chi connectivity index (χ1) is 12.4. The van der Waals surface area contributed by atoms with Crippen molar-refractivity contribution < 1.29 is 13.2 Å². The Kier molecular flexibility index (Phi) is 5.32. The van der Waals surface area contributed by atoms with E-state index in [1.165, 1.54) is 0 Å². The van der Waals surface area contributed by atoms with Gasteiger partial charge in [0.2, 0.25) is 0 Å². The second-order valence-corrected chi connectivity index (χ2v) is 8.63. The summed E-state index contributed by atoms with van der Waals surface area (Å²) >= 11 is 0. The van der Waals surface area contributed by atoms with E-state index >= 15 is 0 Å². The van der Waals surface area contributed by atoms with Gasteiger partial charge in [0, 0.05) is 18.7 Å². The summed E-state index contributed by atoms with van der Waals surface area (Å²) in [7, 11) is -3.69. The largest absolute Gasteiger partial charge is 0.338 e. The third-order valence-electron chi connectivity index (χ3n) is 4.73. The van der Waals surface area contributed by atoms with Crippen LogP contribution in [0.3, 0.4) is 0 Å². The average molecular weight is 372 g/mol. The van der Waals surface area contributed by atoms with Crippen molar-refractivity contribution in [3.63, 3.8) is 0 Å². The molecule has 2 aromatic carbocycles. The fourth-order valence-corrected chi connectivity index (χ4v) is 4.37. The van der Waals surface area contributed by atoms with E-state index in [0.29, 0.717) is 17.2 Å². The minimum absolute atomic E-state index is 0.0447. The lowest BCUT2D eigenvalue weighted by molar-refractivity contribution is 0.0683. The Balaban J connectivity index is 1.85. The number of carbonyl (C=O) groups excluding carboxylic acids is 1. The number of likely N-dealkylation sites (tertiary alicyclic amines) is 1. The van der Waals surface area contributed by atoms with Gasteiger partial charge in [-0.05, 0) is 55.5 Å². The van der Waals surface area contributed by atoms with Crippen molar-refractivity contribution in [3.8, 4) is 0 Å². The Hall–Kier alpha value is -2.34. The SMILES string of the molecule is Cc1ccc(C(=O)N2CCCC(C)C2)cc1NS(=O)(=O)c1ccccc1. The lowest BCUT2D eigenvalue weighted by atomic mass is 9.99. The fraction of sp³-hybridized carbons (Fsp3) is 0.350. The molecule has 0 aliphatic carbocycles. The van der Waals surface area contributed by atoms with E-state index in [4.69, 9.17) is 0 Å². The molecule has 1 heterocycles. The number of sulfonamides is 1. The molecule has 0 radical (unpaired) electrons. The molecule has 0 aromatic heterocycles. The van der Waals surface area contributed by atoms with Gasteiger partial charge >= 0.3 is 0 Å². The summed E-state index contributed by atoms with van der Waals surface area (Å²) < 4.78 is 27.8. The van der Waals surface area contributed by atoms with Crippen molar-refractivity contribution in [2.75, 3.05) is 17.8 Å². The lowest BCUT2D eigenvalue weighted by Crippen LogP contribution is -2.39. The maximum Gasteiger partial charge on any atom is 0.261 e. The van der Waals surface area contributed by atoms with Gasteiger partial charge in [-0.25, -0.2) is 8.42 Å². The predicted molar refractivity (Wildman–Crippen MR) is 103 cm³/mol. The van der Waals surface area contributed by atoms with Gasteiger partial charge < -0.3 is 4.90 Å². The molecule has 138 valence electrons. The van der Waals surface area contributed by atoms with Gasteiger partial charge in [0.25, 0.3) is 15.9 Å². The average Bonchev–Trinajstić information content (AvgIpc) is 2.63. The Morgan fingerprint density at radius 2 is 1.88 bits per heavy atom. The van der Waals surface area contributed by atoms with E-state index < -0.39 is 10.0 Å². The first-order valence-corrected chi connectivity index (χ1v) is 10.3. The fourth-order valence-electron chi connectivity index (χ4n) is 3.22. The van der Waals surface area contributed by atoms with Crippen LogP contribution in [-0.4, -0.2) is 32.3 Å². The normalized spacial score (nSPS) is 17.8. The molecular formula is C20H24N2O3S. The minimum atomic E-state index is -3.69. The minimum Gasteiger partial charge on any atom is -0.338 e. The summed E-state index contributed by atoms with van der Waals surface area (Å²) in [4.78, 5) is 14.8. The number of amides is 1. The van der Waals surface area contributed by atoms with Gasteiger partial charge in [0.15, 0.2) is 0 Å². The van der Waals surface area contributed by atoms with E-state index in [9.17, 15) is 13.2 Å². The highest BCUT2D eigenvalue weighted by Gasteiger charge is 2.23. The van der Waals surface area contributed by atoms with E-state index in [1.807, 2.05) is 11.8 Å². The number of anilines is 1. The summed E-state index contributed by atoms with van der Waals surface area (Å²) in [5.41, 5.74) is 1.72. The van der Waals surface area contributed by atoms with Crippen LogP contribution in [0.15, 0.2) is 53.4 Å². The van der Waals surface area contributed by atoms with Crippen LogP contribution >= 0.6 is 0 Å². The third-order valence-corrected chi connectivity index (χ3v) is 6.11. The molecule has 1 amide bonds. The number of nitrogens with zero attached hydrogens (tertiary/aromatic N) is 1. The van der Waals surface area contributed by atoms with E-state index in [2.05, 4.69) is 11.6 Å². The van der Waals surface area contributed by atoms with E-state index in [0.717, 1.165) is 31.5 Å². The number of hydrogen-bond donors (Lipinski definition) is 1. The van der Waals surface area contributed by atoms with Gasteiger partial charge in [-0.3, -0.25) is 9.52 Å². The zero-order valence-electron chi connectivity index (χ0n) is 15.1. The lowest BCUT2D eigenvalue weighted by Gasteiger charge is -2.31. The molecule has 1 unspecified atom stereocenters. The number of piperidine rings is 1. The summed E-state index contributed by atoms with van der Waals surface area (Å²) in [5.74, 6) is 0.450.